The third-order valence-electron chi connectivity index (χ3n) is 6.00. The third-order valence-corrected chi connectivity index (χ3v) is 6.00. The van der Waals surface area contributed by atoms with Crippen molar-refractivity contribution < 1.29 is 0 Å². The van der Waals surface area contributed by atoms with Crippen LogP contribution in [0.15, 0.2) is 24.3 Å². The topological polar surface area (TPSA) is 18.5 Å². The Balaban J connectivity index is 2.40. The Bertz CT molecular complexity index is 535. The maximum absolute atomic E-state index is 3.46. The van der Waals surface area contributed by atoms with E-state index in [0.717, 1.165) is 6.54 Å². The highest BCUT2D eigenvalue weighted by atomic mass is 15.3. The predicted octanol–water partition coefficient (Wildman–Crippen LogP) is 4.12. The molecule has 1 heterocycles. The van der Waals surface area contributed by atoms with Crippen molar-refractivity contribution >= 4 is 19.7 Å². The Morgan fingerprint density at radius 2 is 1.88 bits per heavy atom. The number of fused-ring (bicyclic) bond motifs is 1. The fraction of sp³-hybridized carbons (Fsp3) is 0.684. The van der Waals surface area contributed by atoms with Gasteiger partial charge in [0.05, 0.1) is 0 Å². The number of hydrogen-bond acceptors (Lipinski definition) is 3. The minimum absolute atomic E-state index is 0.193. The Kier molecular flexibility index (Phi) is 6.44. The summed E-state index contributed by atoms with van der Waals surface area (Å²) in [5, 5.41) is 3.46. The van der Waals surface area contributed by atoms with Gasteiger partial charge in [0.25, 0.3) is 6.98 Å². The Morgan fingerprint density at radius 3 is 2.46 bits per heavy atom. The Morgan fingerprint density at radius 1 is 1.21 bits per heavy atom. The van der Waals surface area contributed by atoms with Crippen molar-refractivity contribution in [2.24, 2.45) is 0 Å². The van der Waals surface area contributed by atoms with Crippen molar-refractivity contribution in [1.29, 1.82) is 0 Å². The van der Waals surface area contributed by atoms with Crippen LogP contribution in [0.4, 0.5) is 5.69 Å². The standard InChI is InChI=1S/C19H35B2N3/c1-8-10-15-23(20(5)22-7)21(6)24-17-14-12-11-13-16(17)19(3,4)18(24)9-2/h11-14,18,22H,8-10,15H2,1-7H3. The van der Waals surface area contributed by atoms with Crippen LogP contribution in [-0.4, -0.2) is 38.3 Å². The zero-order valence-corrected chi connectivity index (χ0v) is 16.8. The Labute approximate surface area is 150 Å². The van der Waals surface area contributed by atoms with Gasteiger partial charge < -0.3 is 14.8 Å². The number of rotatable bonds is 8. The summed E-state index contributed by atoms with van der Waals surface area (Å²) in [6.07, 6.45) is 3.65. The van der Waals surface area contributed by atoms with Crippen molar-refractivity contribution in [2.75, 3.05) is 18.4 Å². The highest BCUT2D eigenvalue weighted by Gasteiger charge is 2.47. The maximum atomic E-state index is 3.46. The number of hydrogen-bond donors (Lipinski definition) is 1. The highest BCUT2D eigenvalue weighted by Crippen LogP contribution is 2.46. The van der Waals surface area contributed by atoms with Gasteiger partial charge in [-0.2, -0.15) is 0 Å². The van der Waals surface area contributed by atoms with E-state index in [9.17, 15) is 0 Å². The van der Waals surface area contributed by atoms with Crippen LogP contribution in [0.5, 0.6) is 0 Å². The molecule has 0 aromatic heterocycles. The minimum atomic E-state index is 0.193. The van der Waals surface area contributed by atoms with Gasteiger partial charge >= 0.3 is 6.98 Å². The Hall–Kier alpha value is -0.930. The highest BCUT2D eigenvalue weighted by molar-refractivity contribution is 6.72. The number of para-hydroxylation sites is 1. The van der Waals surface area contributed by atoms with Crippen LogP contribution in [-0.2, 0) is 5.41 Å². The van der Waals surface area contributed by atoms with Crippen LogP contribution in [0.25, 0.3) is 0 Å². The molecule has 0 amide bonds. The van der Waals surface area contributed by atoms with E-state index in [1.165, 1.54) is 30.5 Å². The van der Waals surface area contributed by atoms with E-state index in [2.05, 4.69) is 87.4 Å². The lowest BCUT2D eigenvalue weighted by molar-refractivity contribution is 0.425. The van der Waals surface area contributed by atoms with Crippen molar-refractivity contribution in [2.45, 2.75) is 72.1 Å². The minimum Gasteiger partial charge on any atom is -0.398 e. The predicted molar refractivity (Wildman–Crippen MR) is 110 cm³/mol. The molecule has 0 bridgehead atoms. The number of unbranched alkanes of at least 4 members (excludes halogenated alkanes) is 1. The first kappa shape index (κ1) is 19.4. The van der Waals surface area contributed by atoms with E-state index >= 15 is 0 Å². The first-order valence-electron chi connectivity index (χ1n) is 9.70. The number of benzene rings is 1. The lowest BCUT2D eigenvalue weighted by Gasteiger charge is -2.42. The summed E-state index contributed by atoms with van der Waals surface area (Å²) in [4.78, 5) is 2.68. The van der Waals surface area contributed by atoms with E-state index in [4.69, 9.17) is 0 Å². The molecule has 0 saturated heterocycles. The summed E-state index contributed by atoms with van der Waals surface area (Å²) < 4.78 is 2.62. The molecule has 1 N–H and O–H groups in total. The maximum Gasteiger partial charge on any atom is 0.329 e. The molecular weight excluding hydrogens is 292 g/mol. The van der Waals surface area contributed by atoms with Crippen molar-refractivity contribution in [3.05, 3.63) is 29.8 Å². The monoisotopic (exact) mass is 327 g/mol. The van der Waals surface area contributed by atoms with Gasteiger partial charge in [0.2, 0.25) is 0 Å². The van der Waals surface area contributed by atoms with Crippen LogP contribution < -0.4 is 10.0 Å². The van der Waals surface area contributed by atoms with Crippen molar-refractivity contribution in [3.63, 3.8) is 0 Å². The number of nitrogens with zero attached hydrogens (tertiary/aromatic N) is 2. The van der Waals surface area contributed by atoms with Gasteiger partial charge in [0, 0.05) is 17.1 Å². The van der Waals surface area contributed by atoms with Crippen molar-refractivity contribution in [1.82, 2.24) is 9.95 Å². The summed E-state index contributed by atoms with van der Waals surface area (Å²) >= 11 is 0. The molecule has 0 saturated carbocycles. The van der Waals surface area contributed by atoms with E-state index in [0.29, 0.717) is 20.0 Å². The first-order valence-corrected chi connectivity index (χ1v) is 9.70. The van der Waals surface area contributed by atoms with Crippen LogP contribution in [0.2, 0.25) is 13.6 Å². The zero-order valence-electron chi connectivity index (χ0n) is 16.8. The average Bonchev–Trinajstić information content (AvgIpc) is 2.81. The van der Waals surface area contributed by atoms with Gasteiger partial charge in [-0.05, 0) is 38.1 Å². The molecule has 5 heteroatoms. The molecule has 132 valence electrons. The van der Waals surface area contributed by atoms with Crippen LogP contribution in [0.3, 0.4) is 0 Å². The van der Waals surface area contributed by atoms with Gasteiger partial charge in [0.15, 0.2) is 0 Å². The number of nitrogens with one attached hydrogen (secondary N) is 1. The molecular formula is C19H35B2N3. The molecule has 1 aliphatic rings. The third kappa shape index (κ3) is 3.39. The van der Waals surface area contributed by atoms with E-state index in [-0.39, 0.29) is 5.41 Å². The SMILES string of the molecule is CCCCN(B(C)NC)B(C)N1c2ccccc2C(C)(C)C1CC. The summed E-state index contributed by atoms with van der Waals surface area (Å²) in [6.45, 7) is 16.0. The quantitative estimate of drug-likeness (QED) is 0.725. The van der Waals surface area contributed by atoms with Gasteiger partial charge in [-0.3, -0.25) is 0 Å². The smallest absolute Gasteiger partial charge is 0.329 e. The summed E-state index contributed by atoms with van der Waals surface area (Å²) in [5.74, 6) is 0. The molecule has 1 atom stereocenters. The molecule has 2 rings (SSSR count). The molecule has 0 aliphatic carbocycles. The molecule has 1 unspecified atom stereocenters. The van der Waals surface area contributed by atoms with Crippen molar-refractivity contribution in [3.8, 4) is 0 Å². The molecule has 0 fully saturated rings. The van der Waals surface area contributed by atoms with Gasteiger partial charge in [-0.15, -0.1) is 0 Å². The van der Waals surface area contributed by atoms with E-state index in [1.54, 1.807) is 0 Å². The molecule has 24 heavy (non-hydrogen) atoms. The van der Waals surface area contributed by atoms with Crippen LogP contribution >= 0.6 is 0 Å². The lowest BCUT2D eigenvalue weighted by Crippen LogP contribution is -2.62. The summed E-state index contributed by atoms with van der Waals surface area (Å²) in [6, 6.07) is 9.54. The van der Waals surface area contributed by atoms with E-state index < -0.39 is 0 Å². The molecule has 3 nitrogen and oxygen atoms in total. The second-order valence-corrected chi connectivity index (χ2v) is 7.76. The lowest BCUT2D eigenvalue weighted by atomic mass is 9.60. The van der Waals surface area contributed by atoms with Gasteiger partial charge in [0.1, 0.15) is 0 Å². The second kappa shape index (κ2) is 7.97. The first-order chi connectivity index (χ1) is 11.4. The van der Waals surface area contributed by atoms with E-state index in [1.807, 2.05) is 0 Å². The molecule has 1 aromatic rings. The van der Waals surface area contributed by atoms with Crippen LogP contribution in [0.1, 0.15) is 52.5 Å². The number of anilines is 1. The zero-order chi connectivity index (χ0) is 17.9. The summed E-state index contributed by atoms with van der Waals surface area (Å²) in [7, 11) is 2.06. The van der Waals surface area contributed by atoms with Crippen LogP contribution in [0, 0.1) is 0 Å². The molecule has 0 spiro atoms. The summed E-state index contributed by atoms with van der Waals surface area (Å²) in [5.41, 5.74) is 3.11. The second-order valence-electron chi connectivity index (χ2n) is 7.76. The fourth-order valence-electron chi connectivity index (χ4n) is 4.48. The van der Waals surface area contributed by atoms with Gasteiger partial charge in [-0.1, -0.05) is 66.0 Å². The largest absolute Gasteiger partial charge is 0.398 e. The molecule has 1 aliphatic heterocycles. The normalized spacial score (nSPS) is 18.8. The fourth-order valence-corrected chi connectivity index (χ4v) is 4.48. The average molecular weight is 327 g/mol. The molecule has 1 aromatic carbocycles. The van der Waals surface area contributed by atoms with Gasteiger partial charge in [-0.25, -0.2) is 0 Å². The molecule has 0 radical (unpaired) electrons.